The Morgan fingerprint density at radius 1 is 1.22 bits per heavy atom. The SMILES string of the molecule is O=S(O)O.[K+].[O-][Br+2]([O-])[O-]. The Hall–Kier alpha value is 2.07. The maximum Gasteiger partial charge on any atom is 1.00 e. The van der Waals surface area contributed by atoms with Crippen LogP contribution in [-0.4, -0.2) is 13.3 Å². The Labute approximate surface area is 102 Å². The van der Waals surface area contributed by atoms with Crippen molar-refractivity contribution in [2.45, 2.75) is 0 Å². The van der Waals surface area contributed by atoms with Crippen LogP contribution in [0.1, 0.15) is 0 Å². The van der Waals surface area contributed by atoms with E-state index >= 15 is 0 Å². The minimum atomic E-state index is -3.65. The molecular formula is H2BrKO6S. The first-order valence-electron chi connectivity index (χ1n) is 0.995. The minimum absolute atomic E-state index is 0. The molecule has 0 saturated carbocycles. The second-order valence-electron chi connectivity index (χ2n) is 0.420. The topological polar surface area (TPSA) is 127 Å². The van der Waals surface area contributed by atoms with Gasteiger partial charge in [0.25, 0.3) is 11.4 Å². The van der Waals surface area contributed by atoms with Gasteiger partial charge in [-0.2, -0.15) is 4.21 Å². The molecule has 0 rings (SSSR count). The van der Waals surface area contributed by atoms with Gasteiger partial charge in [0, 0.05) is 0 Å². The zero-order chi connectivity index (χ0) is 7.15. The average molecular weight is 249 g/mol. The molecule has 0 unspecified atom stereocenters. The summed E-state index contributed by atoms with van der Waals surface area (Å²) in [6.07, 6.45) is 0. The fourth-order valence-electron chi connectivity index (χ4n) is 0. The molecule has 9 heteroatoms. The van der Waals surface area contributed by atoms with Gasteiger partial charge in [-0.15, -0.1) is 0 Å². The van der Waals surface area contributed by atoms with E-state index in [-0.39, 0.29) is 51.4 Å². The van der Waals surface area contributed by atoms with E-state index in [9.17, 15) is 0 Å². The Kier molecular flexibility index (Phi) is 24.4. The Morgan fingerprint density at radius 3 is 1.22 bits per heavy atom. The van der Waals surface area contributed by atoms with Crippen LogP contribution < -0.4 is 64.0 Å². The maximum atomic E-state index is 8.67. The zero-order valence-corrected chi connectivity index (χ0v) is 9.84. The van der Waals surface area contributed by atoms with Crippen LogP contribution in [0, 0.1) is 14.8 Å². The summed E-state index contributed by atoms with van der Waals surface area (Å²) in [5.74, 6) is 0. The van der Waals surface area contributed by atoms with Crippen molar-refractivity contribution in [3.63, 3.8) is 0 Å². The van der Waals surface area contributed by atoms with E-state index in [0.29, 0.717) is 0 Å². The van der Waals surface area contributed by atoms with Gasteiger partial charge >= 0.3 is 51.4 Å². The summed E-state index contributed by atoms with van der Waals surface area (Å²) in [7, 11) is 0. The van der Waals surface area contributed by atoms with Crippen molar-refractivity contribution < 1.29 is 92.1 Å². The van der Waals surface area contributed by atoms with E-state index in [1.54, 1.807) is 0 Å². The Balaban J connectivity index is -0.0000000720. The summed E-state index contributed by atoms with van der Waals surface area (Å²) < 4.78 is 48.4. The van der Waals surface area contributed by atoms with Crippen molar-refractivity contribution in [2.75, 3.05) is 0 Å². The predicted molar refractivity (Wildman–Crippen MR) is 13.4 cm³/mol. The first kappa shape index (κ1) is 17.2. The van der Waals surface area contributed by atoms with Gasteiger partial charge in [-0.3, -0.25) is 9.11 Å². The summed E-state index contributed by atoms with van der Waals surface area (Å²) in [5, 5.41) is 0. The van der Waals surface area contributed by atoms with Gasteiger partial charge in [0.1, 0.15) is 0 Å². The first-order valence-corrected chi connectivity index (χ1v) is 4.00. The van der Waals surface area contributed by atoms with Gasteiger partial charge in [0.15, 0.2) is 0 Å². The van der Waals surface area contributed by atoms with Crippen molar-refractivity contribution in [1.82, 2.24) is 0 Å². The average Bonchev–Trinajstić information content (AvgIpc) is 1.25. The van der Waals surface area contributed by atoms with Gasteiger partial charge in [-0.05, 0) is 0 Å². The van der Waals surface area contributed by atoms with Gasteiger partial charge in [-0.1, -0.05) is 0 Å². The molecule has 0 aromatic carbocycles. The third-order valence-corrected chi connectivity index (χ3v) is 0. The molecule has 0 aliphatic carbocycles. The minimum Gasteiger partial charge on any atom is -0.405 e. The molecule has 0 fully saturated rings. The second-order valence-corrected chi connectivity index (χ2v) is 1.67. The molecule has 9 heavy (non-hydrogen) atoms. The molecule has 0 aliphatic heterocycles. The van der Waals surface area contributed by atoms with Crippen molar-refractivity contribution in [2.24, 2.45) is 0 Å². The van der Waals surface area contributed by atoms with E-state index in [4.69, 9.17) is 25.9 Å². The molecule has 0 aromatic rings. The first-order chi connectivity index (χ1) is 3.46. The molecule has 6 nitrogen and oxygen atoms in total. The summed E-state index contributed by atoms with van der Waals surface area (Å²) >= 11 is -6.26. The van der Waals surface area contributed by atoms with Crippen molar-refractivity contribution in [1.29, 1.82) is 0 Å². The fraction of sp³-hybridized carbons (Fsp3) is 0. The van der Waals surface area contributed by atoms with Crippen LogP contribution >= 0.6 is 0 Å². The van der Waals surface area contributed by atoms with Gasteiger partial charge in [0.05, 0.1) is 0 Å². The third-order valence-electron chi connectivity index (χ3n) is 0. The summed E-state index contributed by atoms with van der Waals surface area (Å²) in [5.41, 5.74) is 0. The third kappa shape index (κ3) is 153. The normalized spacial score (nSPS) is 7.89. The van der Waals surface area contributed by atoms with Crippen molar-refractivity contribution >= 4 is 11.4 Å². The fourth-order valence-corrected chi connectivity index (χ4v) is 0. The largest absolute Gasteiger partial charge is 1.00 e. The molecule has 52 valence electrons. The van der Waals surface area contributed by atoms with E-state index in [1.165, 1.54) is 0 Å². The standard InChI is InChI=1S/BrO3.K.H2O3S/c2-1(3)4;;1-4(2)3/h;;(H2,1,2,3)/q-1;+1;. The van der Waals surface area contributed by atoms with E-state index < -0.39 is 26.2 Å². The quantitative estimate of drug-likeness (QED) is 0.324. The van der Waals surface area contributed by atoms with Crippen LogP contribution in [0.15, 0.2) is 0 Å². The van der Waals surface area contributed by atoms with Crippen LogP contribution in [0.3, 0.4) is 0 Å². The Morgan fingerprint density at radius 2 is 1.22 bits per heavy atom. The number of hydrogen-bond acceptors (Lipinski definition) is 4. The van der Waals surface area contributed by atoms with Crippen LogP contribution in [0.2, 0.25) is 0 Å². The van der Waals surface area contributed by atoms with E-state index in [2.05, 4.69) is 0 Å². The zero-order valence-electron chi connectivity index (χ0n) is 4.31. The molecule has 0 aromatic heterocycles. The molecule has 0 amide bonds. The molecule has 2 N–H and O–H groups in total. The number of halogens is 1. The summed E-state index contributed by atoms with van der Waals surface area (Å²) in [6.45, 7) is 0. The van der Waals surface area contributed by atoms with Crippen LogP contribution in [-0.2, 0) is 11.4 Å². The van der Waals surface area contributed by atoms with E-state index in [1.807, 2.05) is 0 Å². The molecule has 0 bridgehead atoms. The number of rotatable bonds is 0. The molecule has 0 radical (unpaired) electrons. The van der Waals surface area contributed by atoms with Gasteiger partial charge < -0.3 is 12.6 Å². The smallest absolute Gasteiger partial charge is 0.405 e. The Bertz CT molecular complexity index is 57.3. The second kappa shape index (κ2) is 12.7. The van der Waals surface area contributed by atoms with Gasteiger partial charge in [-0.25, -0.2) is 0 Å². The maximum absolute atomic E-state index is 8.67. The van der Waals surface area contributed by atoms with Crippen LogP contribution in [0.25, 0.3) is 0 Å². The van der Waals surface area contributed by atoms with Crippen LogP contribution in [0.4, 0.5) is 0 Å². The molecule has 0 atom stereocenters. The van der Waals surface area contributed by atoms with Gasteiger partial charge in [0.2, 0.25) is 14.8 Å². The summed E-state index contributed by atoms with van der Waals surface area (Å²) in [4.78, 5) is 0. The monoisotopic (exact) mass is 248 g/mol. The van der Waals surface area contributed by atoms with Crippen molar-refractivity contribution in [3.8, 4) is 0 Å². The molecule has 0 saturated heterocycles. The molecule has 0 spiro atoms. The van der Waals surface area contributed by atoms with Crippen molar-refractivity contribution in [3.05, 3.63) is 0 Å². The molecular weight excluding hydrogens is 247 g/mol. The summed E-state index contributed by atoms with van der Waals surface area (Å²) in [6, 6.07) is 0. The molecule has 0 heterocycles. The van der Waals surface area contributed by atoms with Crippen LogP contribution in [0.5, 0.6) is 0 Å². The van der Waals surface area contributed by atoms with E-state index in [0.717, 1.165) is 0 Å². The number of hydrogen-bond donors (Lipinski definition) is 2. The predicted octanol–water partition coefficient (Wildman–Crippen LogP) is -6.88. The molecule has 0 aliphatic rings.